The molecule has 3 nitrogen and oxygen atoms in total. The van der Waals surface area contributed by atoms with E-state index in [2.05, 4.69) is 37.7 Å². The monoisotopic (exact) mass is 263 g/mol. The van der Waals surface area contributed by atoms with Crippen LogP contribution in [0.15, 0.2) is 0 Å². The lowest BCUT2D eigenvalue weighted by atomic mass is 10.1. The average molecular weight is 263 g/mol. The van der Waals surface area contributed by atoms with Gasteiger partial charge >= 0.3 is 0 Å². The van der Waals surface area contributed by atoms with Crippen LogP contribution in [0.5, 0.6) is 0 Å². The Morgan fingerprint density at radius 1 is 1.37 bits per heavy atom. The molecule has 3 heteroatoms. The van der Waals surface area contributed by atoms with Gasteiger partial charge in [0.2, 0.25) is 0 Å². The smallest absolute Gasteiger partial charge is 0.0628 e. The highest BCUT2D eigenvalue weighted by atomic mass is 15.3. The first-order valence-electron chi connectivity index (χ1n) is 7.88. The molecule has 1 aromatic rings. The topological polar surface area (TPSA) is 29.9 Å². The van der Waals surface area contributed by atoms with Crippen molar-refractivity contribution in [2.75, 3.05) is 6.54 Å². The fraction of sp³-hybridized carbons (Fsp3) is 0.812. The van der Waals surface area contributed by atoms with E-state index in [-0.39, 0.29) is 0 Å². The SMILES string of the molecule is CCCC(C)Cn1nc(C)c(CCNC2CC2)c1C. The van der Waals surface area contributed by atoms with Gasteiger partial charge in [-0.3, -0.25) is 4.68 Å². The van der Waals surface area contributed by atoms with E-state index in [0.717, 1.165) is 31.5 Å². The van der Waals surface area contributed by atoms with Gasteiger partial charge in [0.1, 0.15) is 0 Å². The molecular formula is C16H29N3. The van der Waals surface area contributed by atoms with Crippen LogP contribution in [0.2, 0.25) is 0 Å². The Kier molecular flexibility index (Phi) is 5.03. The quantitative estimate of drug-likeness (QED) is 0.780. The van der Waals surface area contributed by atoms with Gasteiger partial charge in [-0.25, -0.2) is 0 Å². The summed E-state index contributed by atoms with van der Waals surface area (Å²) < 4.78 is 2.22. The predicted molar refractivity (Wildman–Crippen MR) is 80.5 cm³/mol. The lowest BCUT2D eigenvalue weighted by Gasteiger charge is -2.12. The fourth-order valence-electron chi connectivity index (χ4n) is 2.84. The zero-order chi connectivity index (χ0) is 13.8. The molecule has 0 bridgehead atoms. The van der Waals surface area contributed by atoms with Gasteiger partial charge in [-0.15, -0.1) is 0 Å². The van der Waals surface area contributed by atoms with Crippen molar-refractivity contribution >= 4 is 0 Å². The van der Waals surface area contributed by atoms with E-state index < -0.39 is 0 Å². The van der Waals surface area contributed by atoms with Gasteiger partial charge in [0, 0.05) is 18.3 Å². The second-order valence-corrected chi connectivity index (χ2v) is 6.20. The first-order valence-corrected chi connectivity index (χ1v) is 7.88. The van der Waals surface area contributed by atoms with Crippen LogP contribution >= 0.6 is 0 Å². The van der Waals surface area contributed by atoms with Crippen molar-refractivity contribution in [2.45, 2.75) is 72.4 Å². The Hall–Kier alpha value is -0.830. The van der Waals surface area contributed by atoms with Crippen LogP contribution in [0, 0.1) is 19.8 Å². The zero-order valence-corrected chi connectivity index (χ0v) is 13.0. The third-order valence-electron chi connectivity index (χ3n) is 4.18. The van der Waals surface area contributed by atoms with Crippen LogP contribution in [0.1, 0.15) is 56.5 Å². The van der Waals surface area contributed by atoms with Crippen LogP contribution in [-0.2, 0) is 13.0 Å². The molecule has 1 atom stereocenters. The van der Waals surface area contributed by atoms with E-state index in [1.165, 1.54) is 42.6 Å². The minimum Gasteiger partial charge on any atom is -0.314 e. The van der Waals surface area contributed by atoms with Crippen molar-refractivity contribution in [3.05, 3.63) is 17.0 Å². The molecule has 0 amide bonds. The van der Waals surface area contributed by atoms with Crippen molar-refractivity contribution < 1.29 is 0 Å². The predicted octanol–water partition coefficient (Wildman–Crippen LogP) is 3.23. The number of aryl methyl sites for hydroxylation is 1. The molecule has 0 spiro atoms. The van der Waals surface area contributed by atoms with E-state index in [1.54, 1.807) is 0 Å². The minimum atomic E-state index is 0.723. The molecule has 1 unspecified atom stereocenters. The van der Waals surface area contributed by atoms with Gasteiger partial charge in [0.05, 0.1) is 5.69 Å². The Morgan fingerprint density at radius 3 is 2.74 bits per heavy atom. The summed E-state index contributed by atoms with van der Waals surface area (Å²) in [5, 5.41) is 8.33. The van der Waals surface area contributed by atoms with Gasteiger partial charge in [-0.2, -0.15) is 5.10 Å². The molecule has 19 heavy (non-hydrogen) atoms. The summed E-state index contributed by atoms with van der Waals surface area (Å²) in [5.74, 6) is 0.723. The minimum absolute atomic E-state index is 0.723. The lowest BCUT2D eigenvalue weighted by Crippen LogP contribution is -2.19. The highest BCUT2D eigenvalue weighted by molar-refractivity contribution is 5.25. The first-order chi connectivity index (χ1) is 9.11. The van der Waals surface area contributed by atoms with Crippen LogP contribution in [0.3, 0.4) is 0 Å². The zero-order valence-electron chi connectivity index (χ0n) is 13.0. The summed E-state index contributed by atoms with van der Waals surface area (Å²) in [7, 11) is 0. The molecule has 0 saturated heterocycles. The Labute approximate surface area is 117 Å². The number of aromatic nitrogens is 2. The lowest BCUT2D eigenvalue weighted by molar-refractivity contribution is 0.413. The first kappa shape index (κ1) is 14.6. The molecule has 1 fully saturated rings. The van der Waals surface area contributed by atoms with Crippen LogP contribution < -0.4 is 5.32 Å². The van der Waals surface area contributed by atoms with Gasteiger partial charge in [0.25, 0.3) is 0 Å². The molecule has 0 aliphatic heterocycles. The van der Waals surface area contributed by atoms with Crippen molar-refractivity contribution in [3.63, 3.8) is 0 Å². The largest absolute Gasteiger partial charge is 0.314 e. The number of nitrogens with one attached hydrogen (secondary N) is 1. The molecule has 1 aliphatic rings. The standard InChI is InChI=1S/C16H29N3/c1-5-6-12(2)11-19-14(4)16(13(3)18-19)9-10-17-15-7-8-15/h12,15,17H,5-11H2,1-4H3. The number of hydrogen-bond acceptors (Lipinski definition) is 2. The van der Waals surface area contributed by atoms with E-state index in [4.69, 9.17) is 5.10 Å². The van der Waals surface area contributed by atoms with E-state index >= 15 is 0 Å². The molecule has 1 heterocycles. The van der Waals surface area contributed by atoms with E-state index in [1.807, 2.05) is 0 Å². The fourth-order valence-corrected chi connectivity index (χ4v) is 2.84. The molecule has 1 aliphatic carbocycles. The van der Waals surface area contributed by atoms with Gasteiger partial charge in [0.15, 0.2) is 0 Å². The summed E-state index contributed by atoms with van der Waals surface area (Å²) in [4.78, 5) is 0. The molecular weight excluding hydrogens is 234 g/mol. The van der Waals surface area contributed by atoms with Crippen molar-refractivity contribution in [3.8, 4) is 0 Å². The average Bonchev–Trinajstić information content (AvgIpc) is 3.13. The van der Waals surface area contributed by atoms with Crippen LogP contribution in [0.25, 0.3) is 0 Å². The highest BCUT2D eigenvalue weighted by Crippen LogP contribution is 2.20. The number of rotatable bonds is 8. The summed E-state index contributed by atoms with van der Waals surface area (Å²) in [6.07, 6.45) is 6.41. The molecule has 1 saturated carbocycles. The summed E-state index contributed by atoms with van der Waals surface area (Å²) in [6, 6.07) is 0.806. The molecule has 1 N–H and O–H groups in total. The van der Waals surface area contributed by atoms with E-state index in [9.17, 15) is 0 Å². The van der Waals surface area contributed by atoms with E-state index in [0.29, 0.717) is 0 Å². The molecule has 0 radical (unpaired) electrons. The Morgan fingerprint density at radius 2 is 2.11 bits per heavy atom. The summed E-state index contributed by atoms with van der Waals surface area (Å²) in [6.45, 7) is 11.1. The Bertz CT molecular complexity index is 404. The van der Waals surface area contributed by atoms with Gasteiger partial charge in [-0.1, -0.05) is 20.3 Å². The Balaban J connectivity index is 1.92. The third-order valence-corrected chi connectivity index (χ3v) is 4.18. The number of hydrogen-bond donors (Lipinski definition) is 1. The summed E-state index contributed by atoms with van der Waals surface area (Å²) in [5.41, 5.74) is 4.05. The molecule has 108 valence electrons. The second kappa shape index (κ2) is 6.56. The maximum absolute atomic E-state index is 4.73. The van der Waals surface area contributed by atoms with Crippen molar-refractivity contribution in [1.29, 1.82) is 0 Å². The van der Waals surface area contributed by atoms with Gasteiger partial charge in [-0.05, 0) is 57.6 Å². The second-order valence-electron chi connectivity index (χ2n) is 6.20. The third kappa shape index (κ3) is 4.07. The molecule has 1 aromatic heterocycles. The van der Waals surface area contributed by atoms with Crippen LogP contribution in [0.4, 0.5) is 0 Å². The highest BCUT2D eigenvalue weighted by Gasteiger charge is 2.20. The molecule has 2 rings (SSSR count). The maximum atomic E-state index is 4.73. The normalized spacial score (nSPS) is 16.8. The van der Waals surface area contributed by atoms with Gasteiger partial charge < -0.3 is 5.32 Å². The number of nitrogens with zero attached hydrogens (tertiary/aromatic N) is 2. The maximum Gasteiger partial charge on any atom is 0.0628 e. The van der Waals surface area contributed by atoms with Crippen molar-refractivity contribution in [2.24, 2.45) is 5.92 Å². The molecule has 0 aromatic carbocycles. The summed E-state index contributed by atoms with van der Waals surface area (Å²) >= 11 is 0. The van der Waals surface area contributed by atoms with Crippen LogP contribution in [-0.4, -0.2) is 22.4 Å². The van der Waals surface area contributed by atoms with Crippen molar-refractivity contribution in [1.82, 2.24) is 15.1 Å².